The number of hydrogen-bond donors (Lipinski definition) is 2. The monoisotopic (exact) mass is 339 g/mol. The molecule has 0 aliphatic carbocycles. The van der Waals surface area contributed by atoms with Gasteiger partial charge in [0.05, 0.1) is 11.6 Å². The summed E-state index contributed by atoms with van der Waals surface area (Å²) >= 11 is 0. The predicted octanol–water partition coefficient (Wildman–Crippen LogP) is -0.0264. The Hall–Kier alpha value is -3.29. The van der Waals surface area contributed by atoms with Crippen LogP contribution in [-0.4, -0.2) is 33.1 Å². The molecule has 128 valence electrons. The Morgan fingerprint density at radius 1 is 0.960 bits per heavy atom. The zero-order valence-electron chi connectivity index (χ0n) is 13.3. The van der Waals surface area contributed by atoms with Crippen LogP contribution < -0.4 is 11.5 Å². The predicted molar refractivity (Wildman–Crippen MR) is 89.0 cm³/mol. The Morgan fingerprint density at radius 3 is 2.00 bits per heavy atom. The molecule has 3 rings (SSSR count). The molecule has 2 aromatic heterocycles. The number of nitrogens with two attached hydrogens (primary N) is 2. The SMILES string of the molecule is NC(=O)C1(C(N)=O)ON=C(Cc2ccncc2)C1Cc1ccncc1. The van der Waals surface area contributed by atoms with Gasteiger partial charge >= 0.3 is 0 Å². The van der Waals surface area contributed by atoms with E-state index in [9.17, 15) is 9.59 Å². The number of amides is 2. The highest BCUT2D eigenvalue weighted by Gasteiger charge is 2.58. The fraction of sp³-hybridized carbons (Fsp3) is 0.235. The van der Waals surface area contributed by atoms with Crippen molar-refractivity contribution >= 4 is 17.5 Å². The lowest BCUT2D eigenvalue weighted by atomic mass is 9.77. The first kappa shape index (κ1) is 16.6. The average molecular weight is 339 g/mol. The van der Waals surface area contributed by atoms with E-state index < -0.39 is 23.3 Å². The van der Waals surface area contributed by atoms with E-state index in [2.05, 4.69) is 15.1 Å². The molecule has 0 aromatic carbocycles. The number of pyridine rings is 2. The maximum Gasteiger partial charge on any atom is 0.299 e. The third kappa shape index (κ3) is 3.06. The molecule has 3 heterocycles. The smallest absolute Gasteiger partial charge is 0.299 e. The van der Waals surface area contributed by atoms with Crippen molar-refractivity contribution in [2.45, 2.75) is 18.4 Å². The highest BCUT2D eigenvalue weighted by Crippen LogP contribution is 2.34. The molecule has 1 atom stereocenters. The van der Waals surface area contributed by atoms with Crippen LogP contribution in [0.15, 0.2) is 54.2 Å². The molecule has 4 N–H and O–H groups in total. The minimum atomic E-state index is -1.99. The van der Waals surface area contributed by atoms with Crippen LogP contribution in [0.2, 0.25) is 0 Å². The van der Waals surface area contributed by atoms with Gasteiger partial charge in [0.1, 0.15) is 0 Å². The number of nitrogens with zero attached hydrogens (tertiary/aromatic N) is 3. The molecule has 2 amide bonds. The van der Waals surface area contributed by atoms with Crippen molar-refractivity contribution in [1.29, 1.82) is 0 Å². The van der Waals surface area contributed by atoms with Gasteiger partial charge in [0.2, 0.25) is 0 Å². The molecule has 8 nitrogen and oxygen atoms in total. The maximum absolute atomic E-state index is 12.1. The first-order valence-electron chi connectivity index (χ1n) is 7.66. The van der Waals surface area contributed by atoms with Crippen LogP contribution >= 0.6 is 0 Å². The van der Waals surface area contributed by atoms with E-state index >= 15 is 0 Å². The van der Waals surface area contributed by atoms with Gasteiger partial charge in [-0.05, 0) is 41.8 Å². The van der Waals surface area contributed by atoms with Crippen molar-refractivity contribution in [2.24, 2.45) is 22.5 Å². The van der Waals surface area contributed by atoms with Crippen LogP contribution in [0.4, 0.5) is 0 Å². The van der Waals surface area contributed by atoms with Crippen LogP contribution in [0.3, 0.4) is 0 Å². The zero-order chi connectivity index (χ0) is 17.9. The summed E-state index contributed by atoms with van der Waals surface area (Å²) in [6.07, 6.45) is 7.26. The summed E-state index contributed by atoms with van der Waals surface area (Å²) in [6.45, 7) is 0. The van der Waals surface area contributed by atoms with Gasteiger partial charge in [-0.1, -0.05) is 5.16 Å². The minimum absolute atomic E-state index is 0.318. The van der Waals surface area contributed by atoms with Crippen molar-refractivity contribution in [1.82, 2.24) is 9.97 Å². The molecule has 1 unspecified atom stereocenters. The molecule has 2 aromatic rings. The van der Waals surface area contributed by atoms with Gasteiger partial charge in [-0.2, -0.15) is 0 Å². The quantitative estimate of drug-likeness (QED) is 0.713. The Morgan fingerprint density at radius 2 is 1.48 bits per heavy atom. The lowest BCUT2D eigenvalue weighted by Gasteiger charge is -2.27. The van der Waals surface area contributed by atoms with Crippen LogP contribution in [0, 0.1) is 5.92 Å². The largest absolute Gasteiger partial charge is 0.368 e. The minimum Gasteiger partial charge on any atom is -0.368 e. The summed E-state index contributed by atoms with van der Waals surface area (Å²) in [4.78, 5) is 37.3. The Kier molecular flexibility index (Phi) is 4.42. The normalized spacial score (nSPS) is 18.2. The number of rotatable bonds is 6. The average Bonchev–Trinajstić information content (AvgIpc) is 2.96. The number of primary amides is 2. The summed E-state index contributed by atoms with van der Waals surface area (Å²) in [5, 5.41) is 3.98. The number of oxime groups is 1. The Balaban J connectivity index is 1.96. The first-order valence-corrected chi connectivity index (χ1v) is 7.66. The van der Waals surface area contributed by atoms with Crippen molar-refractivity contribution in [3.8, 4) is 0 Å². The third-order valence-electron chi connectivity index (χ3n) is 4.26. The van der Waals surface area contributed by atoms with E-state index in [1.807, 2.05) is 12.1 Å². The summed E-state index contributed by atoms with van der Waals surface area (Å²) in [5.41, 5.74) is 11.3. The Bertz CT molecular complexity index is 794. The molecule has 0 radical (unpaired) electrons. The summed E-state index contributed by atoms with van der Waals surface area (Å²) in [7, 11) is 0. The number of aromatic nitrogens is 2. The second-order valence-corrected chi connectivity index (χ2v) is 5.78. The van der Waals surface area contributed by atoms with E-state index in [0.29, 0.717) is 18.6 Å². The molecule has 1 aliphatic heterocycles. The molecule has 0 fully saturated rings. The van der Waals surface area contributed by atoms with Crippen molar-refractivity contribution in [2.75, 3.05) is 0 Å². The van der Waals surface area contributed by atoms with Crippen molar-refractivity contribution in [3.63, 3.8) is 0 Å². The van der Waals surface area contributed by atoms with Gasteiger partial charge in [0.15, 0.2) is 0 Å². The molecule has 25 heavy (non-hydrogen) atoms. The lowest BCUT2D eigenvalue weighted by Crippen LogP contribution is -2.60. The zero-order valence-corrected chi connectivity index (χ0v) is 13.3. The third-order valence-corrected chi connectivity index (χ3v) is 4.26. The van der Waals surface area contributed by atoms with Crippen LogP contribution in [0.5, 0.6) is 0 Å². The van der Waals surface area contributed by atoms with Gasteiger partial charge in [0.25, 0.3) is 17.4 Å². The first-order chi connectivity index (χ1) is 12.0. The number of carbonyl (C=O) groups is 2. The van der Waals surface area contributed by atoms with Gasteiger partial charge < -0.3 is 16.3 Å². The highest BCUT2D eigenvalue weighted by atomic mass is 16.7. The second-order valence-electron chi connectivity index (χ2n) is 5.78. The summed E-state index contributed by atoms with van der Waals surface area (Å²) in [5.74, 6) is -2.60. The van der Waals surface area contributed by atoms with Crippen molar-refractivity contribution < 1.29 is 14.4 Å². The molecule has 0 bridgehead atoms. The molecular weight excluding hydrogens is 322 g/mol. The number of carbonyl (C=O) groups excluding carboxylic acids is 2. The fourth-order valence-electron chi connectivity index (χ4n) is 2.93. The van der Waals surface area contributed by atoms with Crippen LogP contribution in [-0.2, 0) is 27.3 Å². The summed E-state index contributed by atoms with van der Waals surface area (Å²) < 4.78 is 0. The topological polar surface area (TPSA) is 134 Å². The second kappa shape index (κ2) is 6.68. The van der Waals surface area contributed by atoms with Crippen LogP contribution in [0.25, 0.3) is 0 Å². The van der Waals surface area contributed by atoms with Gasteiger partial charge in [-0.3, -0.25) is 19.6 Å². The standard InChI is InChI=1S/C17H17N5O3/c18-15(23)17(16(19)24)13(9-11-1-5-20-6-2-11)14(22-25-17)10-12-3-7-21-8-4-12/h1-8,13H,9-10H2,(H2,18,23)(H2,19,24). The summed E-state index contributed by atoms with van der Waals surface area (Å²) in [6, 6.07) is 7.21. The van der Waals surface area contributed by atoms with Crippen LogP contribution in [0.1, 0.15) is 11.1 Å². The highest BCUT2D eigenvalue weighted by molar-refractivity contribution is 6.13. The van der Waals surface area contributed by atoms with Crippen molar-refractivity contribution in [3.05, 3.63) is 60.2 Å². The van der Waals surface area contributed by atoms with E-state index in [4.69, 9.17) is 16.3 Å². The molecular formula is C17H17N5O3. The van der Waals surface area contributed by atoms with Gasteiger partial charge in [-0.15, -0.1) is 0 Å². The lowest BCUT2D eigenvalue weighted by molar-refractivity contribution is -0.157. The molecule has 0 saturated heterocycles. The van der Waals surface area contributed by atoms with E-state index in [0.717, 1.165) is 11.1 Å². The molecule has 0 spiro atoms. The van der Waals surface area contributed by atoms with E-state index in [1.165, 1.54) is 0 Å². The Labute approximate surface area is 143 Å². The maximum atomic E-state index is 12.1. The van der Waals surface area contributed by atoms with E-state index in [1.54, 1.807) is 36.9 Å². The number of hydrogen-bond acceptors (Lipinski definition) is 6. The van der Waals surface area contributed by atoms with Gasteiger partial charge in [-0.25, -0.2) is 0 Å². The molecule has 1 aliphatic rings. The molecule has 0 saturated carbocycles. The van der Waals surface area contributed by atoms with Gasteiger partial charge in [0, 0.05) is 31.2 Å². The van der Waals surface area contributed by atoms with E-state index in [-0.39, 0.29) is 0 Å². The molecule has 8 heteroatoms. The fourth-order valence-corrected chi connectivity index (χ4v) is 2.93.